The van der Waals surface area contributed by atoms with E-state index in [0.717, 1.165) is 17.3 Å². The van der Waals surface area contributed by atoms with E-state index in [1.54, 1.807) is 0 Å². The van der Waals surface area contributed by atoms with E-state index in [2.05, 4.69) is 72.4 Å². The normalized spacial score (nSPS) is 17.9. The molecule has 0 saturated heterocycles. The van der Waals surface area contributed by atoms with Crippen LogP contribution in [0.1, 0.15) is 60.3 Å². The zero-order chi connectivity index (χ0) is 20.4. The molecule has 0 spiro atoms. The lowest BCUT2D eigenvalue weighted by atomic mass is 9.85. The number of allylic oxidation sites excluding steroid dienone is 3. The Morgan fingerprint density at radius 3 is 2.62 bits per heavy atom. The summed E-state index contributed by atoms with van der Waals surface area (Å²) in [7, 11) is 0. The third kappa shape index (κ3) is 4.56. The Hall–Kier alpha value is -2.52. The van der Waals surface area contributed by atoms with E-state index >= 15 is 0 Å². The van der Waals surface area contributed by atoms with E-state index in [1.807, 2.05) is 19.3 Å². The molecule has 148 valence electrons. The fourth-order valence-electron chi connectivity index (χ4n) is 4.18. The summed E-state index contributed by atoms with van der Waals surface area (Å²) in [5, 5.41) is 3.55. The van der Waals surface area contributed by atoms with E-state index in [1.165, 1.54) is 46.2 Å². The molecule has 2 atom stereocenters. The predicted octanol–water partition coefficient (Wildman–Crippen LogP) is 6.26. The summed E-state index contributed by atoms with van der Waals surface area (Å²) in [6, 6.07) is 11.4. The van der Waals surface area contributed by atoms with Crippen LogP contribution in [0, 0.1) is 6.92 Å². The van der Waals surface area contributed by atoms with E-state index in [0.29, 0.717) is 0 Å². The van der Waals surface area contributed by atoms with Crippen LogP contribution in [-0.4, -0.2) is 16.0 Å². The summed E-state index contributed by atoms with van der Waals surface area (Å²) in [5.41, 5.74) is 7.66. The minimum Gasteiger partial charge on any atom is -0.372 e. The number of thiocarbonyl (C=S) groups is 1. The third-order valence-corrected chi connectivity index (χ3v) is 5.97. The van der Waals surface area contributed by atoms with Gasteiger partial charge in [-0.2, -0.15) is 0 Å². The van der Waals surface area contributed by atoms with Crippen LogP contribution in [0.3, 0.4) is 0 Å². The van der Waals surface area contributed by atoms with E-state index in [-0.39, 0.29) is 12.0 Å². The maximum atomic E-state index is 5.43. The summed E-state index contributed by atoms with van der Waals surface area (Å²) in [5.74, 6) is 0.936. The topological polar surface area (TPSA) is 24.9 Å². The Bertz CT molecular complexity index is 980. The third-order valence-electron chi connectivity index (χ3n) is 5.85. The first-order chi connectivity index (χ1) is 14.0. The molecule has 1 aromatic carbocycles. The largest absolute Gasteiger partial charge is 0.372 e. The number of aryl methyl sites for hydroxylation is 1. The van der Waals surface area contributed by atoms with Crippen molar-refractivity contribution in [1.82, 2.24) is 10.3 Å². The summed E-state index contributed by atoms with van der Waals surface area (Å²) < 4.78 is 0. The molecule has 0 radical (unpaired) electrons. The van der Waals surface area contributed by atoms with Gasteiger partial charge in [-0.05, 0) is 78.5 Å². The zero-order valence-electron chi connectivity index (χ0n) is 17.2. The second kappa shape index (κ2) is 8.46. The van der Waals surface area contributed by atoms with Crippen LogP contribution in [0.2, 0.25) is 0 Å². The van der Waals surface area contributed by atoms with Crippen LogP contribution < -0.4 is 5.32 Å². The molecule has 2 aliphatic rings. The molecule has 2 nitrogen and oxygen atoms in total. The standard InChI is InChI=1S/C26H28N2S/c1-4-25(21-9-7-20(8-10-21)19-5-6-19)26(28-18(3)29)23-12-11-22(14-23)24-13-17(2)15-27-16-24/h4,7-11,13-16,19,25-26H,1,5-6,12H2,2-3H3,(H,28,29). The van der Waals surface area contributed by atoms with Crippen molar-refractivity contribution in [3.05, 3.63) is 95.4 Å². The molecular weight excluding hydrogens is 372 g/mol. The Kier molecular flexibility index (Phi) is 5.77. The average Bonchev–Trinajstić information content (AvgIpc) is 3.44. The van der Waals surface area contributed by atoms with Gasteiger partial charge in [0.2, 0.25) is 0 Å². The second-order valence-corrected chi connectivity index (χ2v) is 8.83. The summed E-state index contributed by atoms with van der Waals surface area (Å²) in [4.78, 5) is 5.16. The van der Waals surface area contributed by atoms with E-state index in [9.17, 15) is 0 Å². The maximum Gasteiger partial charge on any atom is 0.0726 e. The van der Waals surface area contributed by atoms with Gasteiger partial charge in [-0.1, -0.05) is 54.7 Å². The van der Waals surface area contributed by atoms with Gasteiger partial charge in [-0.25, -0.2) is 0 Å². The van der Waals surface area contributed by atoms with Crippen LogP contribution in [-0.2, 0) is 0 Å². The second-order valence-electron chi connectivity index (χ2n) is 8.21. The van der Waals surface area contributed by atoms with Crippen molar-refractivity contribution in [2.75, 3.05) is 0 Å². The summed E-state index contributed by atoms with van der Waals surface area (Å²) >= 11 is 5.43. The van der Waals surface area contributed by atoms with Gasteiger partial charge in [0, 0.05) is 18.3 Å². The first kappa shape index (κ1) is 19.8. The predicted molar refractivity (Wildman–Crippen MR) is 126 cm³/mol. The molecule has 0 bridgehead atoms. The SMILES string of the molecule is C=CC(c1ccc(C2CC2)cc1)C(NC(C)=S)C1=CC(c2cncc(C)c2)=CC1. The minimum absolute atomic E-state index is 0.100. The van der Waals surface area contributed by atoms with Crippen molar-refractivity contribution in [2.45, 2.75) is 51.0 Å². The fraction of sp³-hybridized carbons (Fsp3) is 0.308. The Morgan fingerprint density at radius 1 is 1.24 bits per heavy atom. The highest BCUT2D eigenvalue weighted by molar-refractivity contribution is 7.80. The first-order valence-electron chi connectivity index (χ1n) is 10.4. The van der Waals surface area contributed by atoms with Crippen molar-refractivity contribution >= 4 is 22.8 Å². The van der Waals surface area contributed by atoms with Gasteiger partial charge >= 0.3 is 0 Å². The van der Waals surface area contributed by atoms with Crippen LogP contribution in [0.5, 0.6) is 0 Å². The number of pyridine rings is 1. The Morgan fingerprint density at radius 2 is 2.00 bits per heavy atom. The first-order valence-corrected chi connectivity index (χ1v) is 10.8. The number of rotatable bonds is 7. The molecule has 4 rings (SSSR count). The highest BCUT2D eigenvalue weighted by atomic mass is 32.1. The molecule has 1 aromatic heterocycles. The van der Waals surface area contributed by atoms with Crippen molar-refractivity contribution in [2.24, 2.45) is 0 Å². The van der Waals surface area contributed by atoms with Gasteiger partial charge in [-0.15, -0.1) is 6.58 Å². The van der Waals surface area contributed by atoms with Crippen LogP contribution in [0.25, 0.3) is 5.57 Å². The van der Waals surface area contributed by atoms with Crippen molar-refractivity contribution in [1.29, 1.82) is 0 Å². The molecule has 2 aromatic rings. The quantitative estimate of drug-likeness (QED) is 0.439. The Balaban J connectivity index is 1.61. The Labute approximate surface area is 179 Å². The molecule has 0 aliphatic heterocycles. The number of nitrogens with one attached hydrogen (secondary N) is 1. The molecule has 1 saturated carbocycles. The monoisotopic (exact) mass is 400 g/mol. The molecule has 29 heavy (non-hydrogen) atoms. The molecule has 0 amide bonds. The lowest BCUT2D eigenvalue weighted by Gasteiger charge is -2.28. The van der Waals surface area contributed by atoms with Gasteiger partial charge < -0.3 is 5.32 Å². The molecule has 1 N–H and O–H groups in total. The number of hydrogen-bond acceptors (Lipinski definition) is 2. The summed E-state index contributed by atoms with van der Waals surface area (Å²) in [6.07, 6.45) is 14.0. The minimum atomic E-state index is 0.100. The van der Waals surface area contributed by atoms with Gasteiger partial charge in [0.15, 0.2) is 0 Å². The zero-order valence-corrected chi connectivity index (χ0v) is 18.0. The van der Waals surface area contributed by atoms with Gasteiger partial charge in [0.05, 0.1) is 11.0 Å². The average molecular weight is 401 g/mol. The number of benzene rings is 1. The molecule has 3 heteroatoms. The molecule has 1 heterocycles. The molecule has 2 unspecified atom stereocenters. The van der Waals surface area contributed by atoms with Gasteiger partial charge in [0.1, 0.15) is 0 Å². The molecule has 1 fully saturated rings. The molecular formula is C26H28N2S. The van der Waals surface area contributed by atoms with Crippen molar-refractivity contribution in [3.8, 4) is 0 Å². The summed E-state index contributed by atoms with van der Waals surface area (Å²) in [6.45, 7) is 8.19. The van der Waals surface area contributed by atoms with E-state index < -0.39 is 0 Å². The number of hydrogen-bond donors (Lipinski definition) is 1. The number of aromatic nitrogens is 1. The lowest BCUT2D eigenvalue weighted by Crippen LogP contribution is -2.38. The van der Waals surface area contributed by atoms with Gasteiger partial charge in [-0.3, -0.25) is 4.98 Å². The number of nitrogens with zero attached hydrogens (tertiary/aromatic N) is 1. The molecule has 2 aliphatic carbocycles. The highest BCUT2D eigenvalue weighted by Crippen LogP contribution is 2.41. The van der Waals surface area contributed by atoms with Crippen molar-refractivity contribution < 1.29 is 0 Å². The fourth-order valence-corrected chi connectivity index (χ4v) is 4.31. The highest BCUT2D eigenvalue weighted by Gasteiger charge is 2.28. The van der Waals surface area contributed by atoms with E-state index in [4.69, 9.17) is 12.2 Å². The maximum absolute atomic E-state index is 5.43. The van der Waals surface area contributed by atoms with Crippen LogP contribution in [0.4, 0.5) is 0 Å². The van der Waals surface area contributed by atoms with Gasteiger partial charge in [0.25, 0.3) is 0 Å². The lowest BCUT2D eigenvalue weighted by molar-refractivity contribution is 0.619. The van der Waals surface area contributed by atoms with Crippen LogP contribution in [0.15, 0.2) is 73.1 Å². The van der Waals surface area contributed by atoms with Crippen molar-refractivity contribution in [3.63, 3.8) is 0 Å². The van der Waals surface area contributed by atoms with Crippen LogP contribution >= 0.6 is 12.2 Å². The smallest absolute Gasteiger partial charge is 0.0726 e.